The summed E-state index contributed by atoms with van der Waals surface area (Å²) in [5, 5.41) is 6.81. The molecule has 1 aromatic rings. The Bertz CT molecular complexity index is 654. The van der Waals surface area contributed by atoms with Crippen LogP contribution in [0.15, 0.2) is 23.2 Å². The van der Waals surface area contributed by atoms with Crippen molar-refractivity contribution < 1.29 is 18.9 Å². The third kappa shape index (κ3) is 10.6. The van der Waals surface area contributed by atoms with Gasteiger partial charge >= 0.3 is 0 Å². The topological polar surface area (TPSA) is 73.3 Å². The van der Waals surface area contributed by atoms with Crippen molar-refractivity contribution in [1.82, 2.24) is 10.6 Å². The fourth-order valence-electron chi connectivity index (χ4n) is 3.28. The second-order valence-electron chi connectivity index (χ2n) is 7.93. The van der Waals surface area contributed by atoms with Crippen LogP contribution < -0.4 is 20.1 Å². The van der Waals surface area contributed by atoms with Gasteiger partial charge in [0, 0.05) is 32.7 Å². The van der Waals surface area contributed by atoms with E-state index in [4.69, 9.17) is 18.9 Å². The molecule has 32 heavy (non-hydrogen) atoms. The molecule has 2 rings (SSSR count). The molecule has 1 aromatic carbocycles. The van der Waals surface area contributed by atoms with Gasteiger partial charge in [-0.15, -0.1) is 24.0 Å². The molecule has 1 saturated heterocycles. The van der Waals surface area contributed by atoms with E-state index in [1.54, 1.807) is 7.05 Å². The predicted molar refractivity (Wildman–Crippen MR) is 141 cm³/mol. The van der Waals surface area contributed by atoms with Crippen LogP contribution in [0.25, 0.3) is 0 Å². The highest BCUT2D eigenvalue weighted by Crippen LogP contribution is 2.31. The van der Waals surface area contributed by atoms with Crippen LogP contribution in [0.4, 0.5) is 0 Å². The van der Waals surface area contributed by atoms with Gasteiger partial charge in [0.15, 0.2) is 17.5 Å². The molecule has 7 nitrogen and oxygen atoms in total. The van der Waals surface area contributed by atoms with Crippen LogP contribution >= 0.6 is 24.0 Å². The molecule has 0 bridgehead atoms. The first kappa shape index (κ1) is 28.8. The number of nitrogens with one attached hydrogen (secondary N) is 2. The Morgan fingerprint density at radius 3 is 2.56 bits per heavy atom. The Morgan fingerprint density at radius 2 is 1.91 bits per heavy atom. The van der Waals surface area contributed by atoms with Crippen molar-refractivity contribution in [3.8, 4) is 11.5 Å². The van der Waals surface area contributed by atoms with Crippen molar-refractivity contribution in [2.45, 2.75) is 52.5 Å². The van der Waals surface area contributed by atoms with Crippen LogP contribution in [0.5, 0.6) is 11.5 Å². The zero-order chi connectivity index (χ0) is 22.3. The number of rotatable bonds is 14. The first-order chi connectivity index (χ1) is 15.2. The fraction of sp³-hybridized carbons (Fsp3) is 0.708. The van der Waals surface area contributed by atoms with Crippen LogP contribution in [0.2, 0.25) is 0 Å². The monoisotopic (exact) mass is 563 g/mol. The van der Waals surface area contributed by atoms with Crippen molar-refractivity contribution in [2.24, 2.45) is 10.9 Å². The van der Waals surface area contributed by atoms with Gasteiger partial charge in [-0.3, -0.25) is 4.99 Å². The minimum absolute atomic E-state index is 0. The SMILES string of the molecule is CCCOc1ccc(C(C)NC(=NC)NCCCOCC2CCOC2)cc1OCCC.I. The van der Waals surface area contributed by atoms with Crippen molar-refractivity contribution in [2.75, 3.05) is 53.2 Å². The van der Waals surface area contributed by atoms with Gasteiger partial charge in [0.2, 0.25) is 0 Å². The summed E-state index contributed by atoms with van der Waals surface area (Å²) >= 11 is 0. The van der Waals surface area contributed by atoms with Gasteiger partial charge in [0.25, 0.3) is 0 Å². The van der Waals surface area contributed by atoms with E-state index >= 15 is 0 Å². The van der Waals surface area contributed by atoms with Crippen LogP contribution in [-0.4, -0.2) is 59.2 Å². The Kier molecular flexibility index (Phi) is 15.5. The molecular formula is C24H42IN3O4. The second-order valence-corrected chi connectivity index (χ2v) is 7.93. The molecule has 2 atom stereocenters. The summed E-state index contributed by atoms with van der Waals surface area (Å²) in [6.07, 6.45) is 3.97. The van der Waals surface area contributed by atoms with Crippen LogP contribution in [0.3, 0.4) is 0 Å². The Balaban J connectivity index is 0.00000512. The number of hydrogen-bond donors (Lipinski definition) is 2. The molecule has 0 aromatic heterocycles. The Hall–Kier alpha value is -1.26. The highest BCUT2D eigenvalue weighted by molar-refractivity contribution is 14.0. The summed E-state index contributed by atoms with van der Waals surface area (Å²) in [5.74, 6) is 2.94. The molecule has 2 unspecified atom stereocenters. The zero-order valence-corrected chi connectivity index (χ0v) is 22.5. The number of ether oxygens (including phenoxy) is 4. The third-order valence-corrected chi connectivity index (χ3v) is 5.10. The zero-order valence-electron chi connectivity index (χ0n) is 20.2. The molecule has 8 heteroatoms. The lowest BCUT2D eigenvalue weighted by molar-refractivity contribution is 0.0888. The number of guanidine groups is 1. The predicted octanol–water partition coefficient (Wildman–Crippen LogP) is 4.55. The first-order valence-electron chi connectivity index (χ1n) is 11.7. The van der Waals surface area contributed by atoms with E-state index in [-0.39, 0.29) is 30.0 Å². The Labute approximate surface area is 211 Å². The van der Waals surface area contributed by atoms with E-state index in [1.807, 2.05) is 6.07 Å². The second kappa shape index (κ2) is 17.2. The molecule has 1 fully saturated rings. The molecule has 0 spiro atoms. The van der Waals surface area contributed by atoms with Gasteiger partial charge in [-0.1, -0.05) is 19.9 Å². The lowest BCUT2D eigenvalue weighted by atomic mass is 10.1. The quantitative estimate of drug-likeness (QED) is 0.150. The van der Waals surface area contributed by atoms with Crippen LogP contribution in [-0.2, 0) is 9.47 Å². The maximum Gasteiger partial charge on any atom is 0.191 e. The van der Waals surface area contributed by atoms with Gasteiger partial charge in [0.1, 0.15) is 0 Å². The molecule has 0 amide bonds. The van der Waals surface area contributed by atoms with Gasteiger partial charge in [-0.05, 0) is 50.3 Å². The maximum atomic E-state index is 5.92. The highest BCUT2D eigenvalue weighted by Gasteiger charge is 2.15. The van der Waals surface area contributed by atoms with E-state index in [0.29, 0.717) is 19.1 Å². The van der Waals surface area contributed by atoms with Crippen LogP contribution in [0, 0.1) is 5.92 Å². The van der Waals surface area contributed by atoms with Gasteiger partial charge in [0.05, 0.1) is 32.5 Å². The molecule has 1 aliphatic rings. The van der Waals surface area contributed by atoms with Crippen molar-refractivity contribution in [3.05, 3.63) is 23.8 Å². The van der Waals surface area contributed by atoms with E-state index in [0.717, 1.165) is 81.7 Å². The molecular weight excluding hydrogens is 521 g/mol. The van der Waals surface area contributed by atoms with E-state index in [9.17, 15) is 0 Å². The molecule has 0 saturated carbocycles. The van der Waals surface area contributed by atoms with Crippen molar-refractivity contribution >= 4 is 29.9 Å². The number of benzene rings is 1. The lowest BCUT2D eigenvalue weighted by Gasteiger charge is -2.20. The summed E-state index contributed by atoms with van der Waals surface area (Å²) in [6, 6.07) is 6.22. The molecule has 0 aliphatic carbocycles. The summed E-state index contributed by atoms with van der Waals surface area (Å²) in [6.45, 7) is 11.7. The van der Waals surface area contributed by atoms with Crippen molar-refractivity contribution in [1.29, 1.82) is 0 Å². The highest BCUT2D eigenvalue weighted by atomic mass is 127. The first-order valence-corrected chi connectivity index (χ1v) is 11.7. The maximum absolute atomic E-state index is 5.92. The summed E-state index contributed by atoms with van der Waals surface area (Å²) < 4.78 is 22.9. The summed E-state index contributed by atoms with van der Waals surface area (Å²) in [5.41, 5.74) is 1.13. The fourth-order valence-corrected chi connectivity index (χ4v) is 3.28. The molecule has 2 N–H and O–H groups in total. The number of nitrogens with zero attached hydrogens (tertiary/aromatic N) is 1. The van der Waals surface area contributed by atoms with E-state index < -0.39 is 0 Å². The minimum atomic E-state index is 0. The summed E-state index contributed by atoms with van der Waals surface area (Å²) in [4.78, 5) is 4.35. The van der Waals surface area contributed by atoms with E-state index in [1.165, 1.54) is 0 Å². The smallest absolute Gasteiger partial charge is 0.191 e. The number of hydrogen-bond acceptors (Lipinski definition) is 5. The van der Waals surface area contributed by atoms with Crippen molar-refractivity contribution in [3.63, 3.8) is 0 Å². The molecule has 0 radical (unpaired) electrons. The van der Waals surface area contributed by atoms with Gasteiger partial charge in [-0.25, -0.2) is 0 Å². The average Bonchev–Trinajstić information content (AvgIpc) is 3.31. The van der Waals surface area contributed by atoms with Gasteiger partial charge < -0.3 is 29.6 Å². The average molecular weight is 564 g/mol. The largest absolute Gasteiger partial charge is 0.490 e. The van der Waals surface area contributed by atoms with Gasteiger partial charge in [-0.2, -0.15) is 0 Å². The number of halogens is 1. The third-order valence-electron chi connectivity index (χ3n) is 5.10. The van der Waals surface area contributed by atoms with Crippen LogP contribution in [0.1, 0.15) is 58.1 Å². The minimum Gasteiger partial charge on any atom is -0.490 e. The Morgan fingerprint density at radius 1 is 1.16 bits per heavy atom. The standard InChI is InChI=1S/C24H41N3O4.HI/c1-5-12-30-22-9-8-21(16-23(22)31-13-6-2)19(3)27-24(25-4)26-11-7-14-28-17-20-10-15-29-18-20;/h8-9,16,19-20H,5-7,10-15,17-18H2,1-4H3,(H2,25,26,27);1H. The normalized spacial score (nSPS) is 16.9. The lowest BCUT2D eigenvalue weighted by Crippen LogP contribution is -2.39. The number of aliphatic imine (C=N–C) groups is 1. The summed E-state index contributed by atoms with van der Waals surface area (Å²) in [7, 11) is 1.79. The molecule has 1 aliphatic heterocycles. The molecule has 1 heterocycles. The molecule has 184 valence electrons. The van der Waals surface area contributed by atoms with E-state index in [2.05, 4.69) is 48.5 Å².